The number of hydrogen-bond acceptors (Lipinski definition) is 7. The van der Waals surface area contributed by atoms with Gasteiger partial charge in [-0.1, -0.05) is 13.5 Å². The van der Waals surface area contributed by atoms with Crippen LogP contribution in [-0.2, 0) is 0 Å². The number of nitriles is 1. The van der Waals surface area contributed by atoms with Crippen molar-refractivity contribution >= 4 is 11.8 Å². The summed E-state index contributed by atoms with van der Waals surface area (Å²) in [6.45, 7) is 6.29. The fraction of sp³-hybridized carbons (Fsp3) is 0.682. The standard InChI is InChI=1S/C22H34N6O/c1-14-5-8-19(11-20(14)29)25-21-17(12-23)13-24-22(27-21)26-18-9-6-16(7-10-18)15(2)28(3)4/h13-14,16,18-20,29H,2,5-11H2,1,3-4H3,(H2,24,25,26,27)/t14-,16-,18-,19-,20-/m1/s1. The molecule has 0 spiro atoms. The molecule has 0 radical (unpaired) electrons. The Morgan fingerprint density at radius 3 is 2.48 bits per heavy atom. The minimum absolute atomic E-state index is 0.128. The number of allylic oxidation sites excluding steroid dienone is 1. The summed E-state index contributed by atoms with van der Waals surface area (Å²) in [6.07, 6.45) is 8.21. The lowest BCUT2D eigenvalue weighted by Gasteiger charge is -2.33. The molecule has 1 heterocycles. The highest BCUT2D eigenvalue weighted by molar-refractivity contribution is 5.54. The number of rotatable bonds is 6. The van der Waals surface area contributed by atoms with Gasteiger partial charge in [0, 0.05) is 31.9 Å². The Morgan fingerprint density at radius 2 is 1.86 bits per heavy atom. The van der Waals surface area contributed by atoms with E-state index < -0.39 is 0 Å². The molecule has 2 aliphatic carbocycles. The summed E-state index contributed by atoms with van der Waals surface area (Å²) in [5, 5.41) is 26.4. The molecule has 2 aliphatic rings. The summed E-state index contributed by atoms with van der Waals surface area (Å²) in [6, 6.07) is 2.63. The van der Waals surface area contributed by atoms with E-state index in [4.69, 9.17) is 0 Å². The predicted molar refractivity (Wildman–Crippen MR) is 115 cm³/mol. The number of hydrogen-bond donors (Lipinski definition) is 3. The number of anilines is 2. The SMILES string of the molecule is C=C([C@H]1CC[C@H](Nc2ncc(C#N)c(N[C@@H]3CC[C@@H](C)[C@H](O)C3)n2)CC1)N(C)C. The lowest BCUT2D eigenvalue weighted by molar-refractivity contribution is 0.0739. The zero-order chi connectivity index (χ0) is 21.0. The summed E-state index contributed by atoms with van der Waals surface area (Å²) in [5.41, 5.74) is 1.64. The van der Waals surface area contributed by atoms with Crippen LogP contribution in [0.25, 0.3) is 0 Å². The molecular weight excluding hydrogens is 364 g/mol. The van der Waals surface area contributed by atoms with Gasteiger partial charge in [-0.3, -0.25) is 0 Å². The Balaban J connectivity index is 1.61. The average Bonchev–Trinajstić information content (AvgIpc) is 2.71. The van der Waals surface area contributed by atoms with E-state index in [1.54, 1.807) is 6.20 Å². The molecule has 7 nitrogen and oxygen atoms in total. The van der Waals surface area contributed by atoms with Gasteiger partial charge in [0.1, 0.15) is 17.5 Å². The van der Waals surface area contributed by atoms with Crippen molar-refractivity contribution in [2.75, 3.05) is 24.7 Å². The number of aliphatic hydroxyl groups is 1. The molecular formula is C22H34N6O. The molecule has 1 aromatic heterocycles. The molecule has 3 N–H and O–H groups in total. The van der Waals surface area contributed by atoms with Crippen LogP contribution in [-0.4, -0.2) is 52.3 Å². The number of nitrogens with zero attached hydrogens (tertiary/aromatic N) is 4. The van der Waals surface area contributed by atoms with E-state index in [-0.39, 0.29) is 12.1 Å². The van der Waals surface area contributed by atoms with Crippen LogP contribution in [0.5, 0.6) is 0 Å². The van der Waals surface area contributed by atoms with E-state index in [2.05, 4.69) is 59.2 Å². The van der Waals surface area contributed by atoms with Gasteiger partial charge in [-0.2, -0.15) is 10.2 Å². The Kier molecular flexibility index (Phi) is 6.96. The normalized spacial score (nSPS) is 29.6. The molecule has 7 heteroatoms. The largest absolute Gasteiger partial charge is 0.393 e. The minimum atomic E-state index is -0.307. The minimum Gasteiger partial charge on any atom is -0.393 e. The fourth-order valence-electron chi connectivity index (χ4n) is 4.38. The van der Waals surface area contributed by atoms with Gasteiger partial charge in [-0.25, -0.2) is 4.98 Å². The first-order valence-electron chi connectivity index (χ1n) is 10.7. The zero-order valence-corrected chi connectivity index (χ0v) is 17.9. The van der Waals surface area contributed by atoms with Crippen LogP contribution in [0.4, 0.5) is 11.8 Å². The second-order valence-corrected chi connectivity index (χ2v) is 8.85. The van der Waals surface area contributed by atoms with Crippen molar-refractivity contribution in [2.24, 2.45) is 11.8 Å². The Morgan fingerprint density at radius 1 is 1.17 bits per heavy atom. The van der Waals surface area contributed by atoms with Gasteiger partial charge in [0.05, 0.1) is 12.3 Å². The molecule has 0 aliphatic heterocycles. The molecule has 0 saturated heterocycles. The monoisotopic (exact) mass is 398 g/mol. The number of aliphatic hydroxyl groups excluding tert-OH is 1. The van der Waals surface area contributed by atoms with Crippen LogP contribution in [0.1, 0.15) is 57.4 Å². The number of nitrogens with one attached hydrogen (secondary N) is 2. The topological polar surface area (TPSA) is 97.1 Å². The Bertz CT molecular complexity index is 750. The Hall–Kier alpha value is -2.33. The molecule has 3 rings (SSSR count). The number of aromatic nitrogens is 2. The first-order chi connectivity index (χ1) is 13.9. The van der Waals surface area contributed by atoms with Gasteiger partial charge in [0.25, 0.3) is 0 Å². The summed E-state index contributed by atoms with van der Waals surface area (Å²) in [5.74, 6) is 1.99. The van der Waals surface area contributed by atoms with Gasteiger partial charge in [0.15, 0.2) is 0 Å². The maximum absolute atomic E-state index is 10.2. The van der Waals surface area contributed by atoms with Crippen molar-refractivity contribution in [3.05, 3.63) is 24.0 Å². The summed E-state index contributed by atoms with van der Waals surface area (Å²) in [7, 11) is 4.11. The molecule has 2 saturated carbocycles. The van der Waals surface area contributed by atoms with Crippen LogP contribution >= 0.6 is 0 Å². The highest BCUT2D eigenvalue weighted by Crippen LogP contribution is 2.31. The van der Waals surface area contributed by atoms with E-state index in [0.29, 0.717) is 41.6 Å². The average molecular weight is 399 g/mol. The second-order valence-electron chi connectivity index (χ2n) is 8.85. The second kappa shape index (κ2) is 9.45. The maximum Gasteiger partial charge on any atom is 0.224 e. The first kappa shape index (κ1) is 21.4. The van der Waals surface area contributed by atoms with Crippen LogP contribution in [0.3, 0.4) is 0 Å². The molecule has 3 atom stereocenters. The van der Waals surface area contributed by atoms with Crippen molar-refractivity contribution < 1.29 is 5.11 Å². The molecule has 0 unspecified atom stereocenters. The van der Waals surface area contributed by atoms with Gasteiger partial charge in [-0.05, 0) is 56.8 Å². The molecule has 158 valence electrons. The maximum atomic E-state index is 10.2. The molecule has 29 heavy (non-hydrogen) atoms. The van der Waals surface area contributed by atoms with Crippen molar-refractivity contribution in [2.45, 2.75) is 70.1 Å². The van der Waals surface area contributed by atoms with Gasteiger partial charge >= 0.3 is 0 Å². The van der Waals surface area contributed by atoms with E-state index >= 15 is 0 Å². The van der Waals surface area contributed by atoms with Crippen LogP contribution in [0.15, 0.2) is 18.5 Å². The highest BCUT2D eigenvalue weighted by Gasteiger charge is 2.27. The van der Waals surface area contributed by atoms with E-state index in [0.717, 1.165) is 38.5 Å². The molecule has 0 aromatic carbocycles. The molecule has 0 bridgehead atoms. The molecule has 0 amide bonds. The van der Waals surface area contributed by atoms with Crippen LogP contribution in [0, 0.1) is 23.2 Å². The van der Waals surface area contributed by atoms with E-state index in [1.807, 2.05) is 0 Å². The summed E-state index contributed by atoms with van der Waals surface area (Å²) >= 11 is 0. The fourth-order valence-corrected chi connectivity index (χ4v) is 4.38. The lowest BCUT2D eigenvalue weighted by Crippen LogP contribution is -2.35. The first-order valence-corrected chi connectivity index (χ1v) is 10.7. The highest BCUT2D eigenvalue weighted by atomic mass is 16.3. The lowest BCUT2D eigenvalue weighted by atomic mass is 9.84. The quantitative estimate of drug-likeness (QED) is 0.676. The third-order valence-corrected chi connectivity index (χ3v) is 6.51. The van der Waals surface area contributed by atoms with Crippen LogP contribution in [0.2, 0.25) is 0 Å². The van der Waals surface area contributed by atoms with Gasteiger partial charge in [-0.15, -0.1) is 0 Å². The summed E-state index contributed by atoms with van der Waals surface area (Å²) in [4.78, 5) is 11.1. The van der Waals surface area contributed by atoms with Crippen molar-refractivity contribution in [3.8, 4) is 6.07 Å². The Labute approximate surface area is 174 Å². The van der Waals surface area contributed by atoms with E-state index in [1.165, 1.54) is 5.70 Å². The smallest absolute Gasteiger partial charge is 0.224 e. The van der Waals surface area contributed by atoms with Gasteiger partial charge in [0.2, 0.25) is 5.95 Å². The third-order valence-electron chi connectivity index (χ3n) is 6.51. The van der Waals surface area contributed by atoms with Gasteiger partial charge < -0.3 is 20.6 Å². The summed E-state index contributed by atoms with van der Waals surface area (Å²) < 4.78 is 0. The predicted octanol–water partition coefficient (Wildman–Crippen LogP) is 3.36. The van der Waals surface area contributed by atoms with Crippen molar-refractivity contribution in [1.82, 2.24) is 14.9 Å². The van der Waals surface area contributed by atoms with Crippen molar-refractivity contribution in [3.63, 3.8) is 0 Å². The zero-order valence-electron chi connectivity index (χ0n) is 17.9. The molecule has 1 aromatic rings. The molecule has 2 fully saturated rings. The third kappa shape index (κ3) is 5.39. The van der Waals surface area contributed by atoms with Crippen LogP contribution < -0.4 is 10.6 Å². The van der Waals surface area contributed by atoms with E-state index in [9.17, 15) is 10.4 Å². The van der Waals surface area contributed by atoms with Crippen molar-refractivity contribution in [1.29, 1.82) is 5.26 Å².